The van der Waals surface area contributed by atoms with Gasteiger partial charge >= 0.3 is 0 Å². The number of benzene rings is 6. The molecule has 6 heteroatoms. The first-order chi connectivity index (χ1) is 30.2. The van der Waals surface area contributed by atoms with E-state index < -0.39 is 21.3 Å². The van der Waals surface area contributed by atoms with Crippen LogP contribution in [0.25, 0.3) is 72.4 Å². The Morgan fingerprint density at radius 3 is 2.30 bits per heavy atom. The summed E-state index contributed by atoms with van der Waals surface area (Å²) >= 11 is 0. The Bertz CT molecular complexity index is 3130. The zero-order chi connectivity index (χ0) is 45.8. The number of pyridine rings is 1. The van der Waals surface area contributed by atoms with Gasteiger partial charge in [-0.05, 0) is 82.5 Å². The summed E-state index contributed by atoms with van der Waals surface area (Å²) in [7, 11) is -1.67. The molecule has 0 fully saturated rings. The third kappa shape index (κ3) is 8.74. The summed E-state index contributed by atoms with van der Waals surface area (Å²) in [5.74, 6) is 0.621. The molecule has 0 aliphatic rings. The van der Waals surface area contributed by atoms with Crippen LogP contribution in [0.4, 0.5) is 0 Å². The molecule has 9 rings (SSSR count). The Morgan fingerprint density at radius 1 is 0.817 bits per heavy atom. The van der Waals surface area contributed by atoms with Crippen molar-refractivity contribution < 1.29 is 31.4 Å². The quantitative estimate of drug-likeness (QED) is 0.118. The first-order valence-electron chi connectivity index (χ1n) is 22.8. The predicted molar refractivity (Wildman–Crippen MR) is 252 cm³/mol. The van der Waals surface area contributed by atoms with Gasteiger partial charge in [0.25, 0.3) is 0 Å². The topological polar surface area (TPSA) is 43.9 Å². The number of imidazole rings is 1. The molecule has 9 aromatic rings. The summed E-state index contributed by atoms with van der Waals surface area (Å²) in [4.78, 5) is 9.71. The van der Waals surface area contributed by atoms with Gasteiger partial charge in [0.05, 0.1) is 30.5 Å². The molecule has 0 spiro atoms. The van der Waals surface area contributed by atoms with E-state index in [2.05, 4.69) is 111 Å². The fourth-order valence-corrected chi connectivity index (χ4v) is 8.98. The van der Waals surface area contributed by atoms with Gasteiger partial charge in [-0.15, -0.1) is 54.1 Å². The summed E-state index contributed by atoms with van der Waals surface area (Å²) in [5, 5.41) is 2.85. The zero-order valence-corrected chi connectivity index (χ0v) is 38.8. The average molecular weight is 985 g/mol. The second kappa shape index (κ2) is 17.3. The van der Waals surface area contributed by atoms with Crippen molar-refractivity contribution in [3.05, 3.63) is 168 Å². The minimum atomic E-state index is -2.22. The first kappa shape index (κ1) is 36.5. The second-order valence-corrected chi connectivity index (χ2v) is 22.5. The van der Waals surface area contributed by atoms with Crippen molar-refractivity contribution in [2.24, 2.45) is 5.92 Å². The van der Waals surface area contributed by atoms with E-state index in [9.17, 15) is 0 Å². The van der Waals surface area contributed by atoms with E-state index in [1.54, 1.807) is 12.1 Å². The number of aryl methyl sites for hydroxylation is 1. The van der Waals surface area contributed by atoms with E-state index in [0.29, 0.717) is 22.6 Å². The molecule has 0 amide bonds. The van der Waals surface area contributed by atoms with Crippen LogP contribution in [0.5, 0.6) is 0 Å². The van der Waals surface area contributed by atoms with Crippen LogP contribution in [0.1, 0.15) is 58.2 Å². The molecular weight excluding hydrogens is 927 g/mol. The van der Waals surface area contributed by atoms with E-state index >= 15 is 0 Å². The number of para-hydroxylation sites is 2. The standard InChI is InChI=1S/C36H29N2O.C18H24NSi.Ir/c1-23-17-19-26-27-13-10-14-28(34(27)39-33(26)21-23)35-37-30-15-8-9-16-32(30)38(35)31-20-18-25(36(2,3)4)22-29(31)24-11-6-5-7-12-24;1-14(2)11-16-12-17(15-9-7-6-8-10-15)19-13-18(16)20(3,4)5;/h5-13,15-22H,1-4H3;6-9,12-14H,11H2,1-5H3;/q2*-1;/i1D3;11D2;. The van der Waals surface area contributed by atoms with Gasteiger partial charge in [-0.3, -0.25) is 4.98 Å². The molecule has 0 atom stereocenters. The molecule has 3 aromatic heterocycles. The Hall–Kier alpha value is -5.39. The van der Waals surface area contributed by atoms with Crippen LogP contribution >= 0.6 is 0 Å². The van der Waals surface area contributed by atoms with Gasteiger partial charge < -0.3 is 14.0 Å². The van der Waals surface area contributed by atoms with Gasteiger partial charge in [0.2, 0.25) is 0 Å². The van der Waals surface area contributed by atoms with Gasteiger partial charge in [-0.1, -0.05) is 138 Å². The number of aromatic nitrogens is 3. The fourth-order valence-electron chi connectivity index (χ4n) is 7.58. The smallest absolute Gasteiger partial charge is 0.121 e. The van der Waals surface area contributed by atoms with Crippen LogP contribution in [0.2, 0.25) is 19.6 Å². The van der Waals surface area contributed by atoms with E-state index in [1.165, 1.54) is 5.56 Å². The van der Waals surface area contributed by atoms with Crippen LogP contribution in [-0.2, 0) is 31.9 Å². The Balaban J connectivity index is 0.000000233. The van der Waals surface area contributed by atoms with Crippen LogP contribution in [0, 0.1) is 24.9 Å². The first-order valence-corrected chi connectivity index (χ1v) is 23.8. The van der Waals surface area contributed by atoms with Crippen molar-refractivity contribution in [3.63, 3.8) is 0 Å². The molecule has 0 aliphatic heterocycles. The molecule has 4 nitrogen and oxygen atoms in total. The molecule has 6 aromatic carbocycles. The van der Waals surface area contributed by atoms with Gasteiger partial charge in [0.15, 0.2) is 0 Å². The molecule has 0 saturated heterocycles. The number of furan rings is 1. The number of hydrogen-bond acceptors (Lipinski definition) is 3. The molecule has 60 heavy (non-hydrogen) atoms. The van der Waals surface area contributed by atoms with Crippen LogP contribution in [0.3, 0.4) is 0 Å². The Kier molecular flexibility index (Phi) is 10.5. The van der Waals surface area contributed by atoms with Crippen molar-refractivity contribution in [2.75, 3.05) is 0 Å². The van der Waals surface area contributed by atoms with Crippen molar-refractivity contribution in [2.45, 2.75) is 72.9 Å². The van der Waals surface area contributed by atoms with Gasteiger partial charge in [0, 0.05) is 49.8 Å². The number of rotatable bonds is 7. The van der Waals surface area contributed by atoms with Crippen molar-refractivity contribution in [1.82, 2.24) is 14.5 Å². The molecule has 0 aliphatic carbocycles. The number of hydrogen-bond donors (Lipinski definition) is 0. The maximum atomic E-state index is 8.55. The predicted octanol–water partition coefficient (Wildman–Crippen LogP) is 14.0. The Labute approximate surface area is 377 Å². The fraction of sp³-hybridized carbons (Fsp3) is 0.222. The summed E-state index contributed by atoms with van der Waals surface area (Å²) in [6, 6.07) is 50.4. The summed E-state index contributed by atoms with van der Waals surface area (Å²) in [6.45, 7) is 15.0. The monoisotopic (exact) mass is 985 g/mol. The second-order valence-electron chi connectivity index (χ2n) is 17.5. The van der Waals surface area contributed by atoms with E-state index in [-0.39, 0.29) is 37.0 Å². The Morgan fingerprint density at radius 2 is 1.58 bits per heavy atom. The van der Waals surface area contributed by atoms with E-state index in [0.717, 1.165) is 60.6 Å². The third-order valence-corrected chi connectivity index (χ3v) is 12.6. The van der Waals surface area contributed by atoms with Crippen LogP contribution in [0.15, 0.2) is 144 Å². The molecule has 0 bridgehead atoms. The molecule has 305 valence electrons. The zero-order valence-electron chi connectivity index (χ0n) is 40.4. The summed E-state index contributed by atoms with van der Waals surface area (Å²) in [5.41, 5.74) is 10.9. The van der Waals surface area contributed by atoms with Gasteiger partial charge in [-0.2, -0.15) is 0 Å². The molecule has 0 N–H and O–H groups in total. The molecule has 3 heterocycles. The summed E-state index contributed by atoms with van der Waals surface area (Å²) < 4.78 is 49.3. The number of nitrogens with zero attached hydrogens (tertiary/aromatic N) is 3. The minimum absolute atomic E-state index is 0. The van der Waals surface area contributed by atoms with Gasteiger partial charge in [0.1, 0.15) is 5.58 Å². The SMILES string of the molecule is [2H]C([2H])([2H])c1ccc2c(c1)oc1c(-c3nc4ccccc4n3-c3ccc(C(C)(C)C)cc3-c3ccccc3)[c-]ccc12.[2H]C([2H])(c1cc(-c2[c-]cccc2)ncc1[Si](C)(C)C)C(C)C.[Ir]. The maximum absolute atomic E-state index is 8.55. The normalized spacial score (nSPS) is 13.5. The van der Waals surface area contributed by atoms with E-state index in [1.807, 2.05) is 92.8 Å². The maximum Gasteiger partial charge on any atom is 0.121 e. The van der Waals surface area contributed by atoms with Crippen molar-refractivity contribution in [1.29, 1.82) is 0 Å². The average Bonchev–Trinajstić information content (AvgIpc) is 3.84. The molecular formula is C54H53IrN3OSi-2. The largest absolute Gasteiger partial charge is 0.501 e. The summed E-state index contributed by atoms with van der Waals surface area (Å²) in [6.07, 6.45) is 0.528. The molecule has 0 saturated carbocycles. The van der Waals surface area contributed by atoms with Crippen LogP contribution < -0.4 is 5.19 Å². The molecule has 0 unspecified atom stereocenters. The number of fused-ring (bicyclic) bond motifs is 4. The van der Waals surface area contributed by atoms with Crippen molar-refractivity contribution in [3.8, 4) is 39.5 Å². The third-order valence-electron chi connectivity index (χ3n) is 10.5. The van der Waals surface area contributed by atoms with E-state index in [4.69, 9.17) is 16.3 Å². The van der Waals surface area contributed by atoms with Crippen LogP contribution in [-0.4, -0.2) is 22.6 Å². The minimum Gasteiger partial charge on any atom is -0.501 e. The molecule has 1 radical (unpaired) electrons. The van der Waals surface area contributed by atoms with Crippen molar-refractivity contribution >= 4 is 46.2 Å². The van der Waals surface area contributed by atoms with Gasteiger partial charge in [-0.25, -0.2) is 0 Å².